The molecular weight excluding hydrogens is 704 g/mol. The molecule has 5 amide bonds. The van der Waals surface area contributed by atoms with E-state index in [9.17, 15) is 32.4 Å². The van der Waals surface area contributed by atoms with E-state index in [1.807, 2.05) is 24.3 Å². The number of carbonyl (C=O) groups is 5. The van der Waals surface area contributed by atoms with Gasteiger partial charge in [-0.05, 0) is 76.3 Å². The molecule has 2 aliphatic carbocycles. The molecule has 6 rings (SSSR count). The molecule has 0 bridgehead atoms. The molecule has 2 saturated heterocycles. The second-order valence-electron chi connectivity index (χ2n) is 15.7. The van der Waals surface area contributed by atoms with Crippen LogP contribution in [0, 0.1) is 5.92 Å². The number of halogens is 2. The molecule has 0 spiro atoms. The van der Waals surface area contributed by atoms with Gasteiger partial charge >= 0.3 is 12.2 Å². The number of sulfonamides is 1. The fourth-order valence-corrected chi connectivity index (χ4v) is 8.73. The van der Waals surface area contributed by atoms with Crippen molar-refractivity contribution in [2.75, 3.05) is 6.54 Å². The average Bonchev–Trinajstić information content (AvgIpc) is 3.94. The van der Waals surface area contributed by atoms with Gasteiger partial charge in [0.05, 0.1) is 11.8 Å². The second kappa shape index (κ2) is 14.1. The van der Waals surface area contributed by atoms with Gasteiger partial charge in [-0.15, -0.1) is 0 Å². The number of benzene rings is 1. The molecule has 0 aromatic heterocycles. The maximum absolute atomic E-state index is 15.2. The van der Waals surface area contributed by atoms with Crippen molar-refractivity contribution in [1.29, 1.82) is 0 Å². The maximum Gasteiger partial charge on any atom is 0.410 e. The third-order valence-electron chi connectivity index (χ3n) is 10.4. The van der Waals surface area contributed by atoms with Crippen molar-refractivity contribution in [2.45, 2.75) is 139 Å². The fraction of sp³-hybridized carbons (Fsp3) is 0.686. The van der Waals surface area contributed by atoms with Crippen LogP contribution in [0.4, 0.5) is 18.4 Å². The van der Waals surface area contributed by atoms with Crippen LogP contribution in [0.3, 0.4) is 0 Å². The van der Waals surface area contributed by atoms with Crippen molar-refractivity contribution in [1.82, 2.24) is 25.2 Å². The summed E-state index contributed by atoms with van der Waals surface area (Å²) < 4.78 is 69.1. The number of carbonyl (C=O) groups excluding carboxylic acids is 5. The van der Waals surface area contributed by atoms with Gasteiger partial charge in [0.25, 0.3) is 5.91 Å². The SMILES string of the molecule is CC(C)(C)OC(=O)N[C@H]1CCC(F)(F)CCCC[C@@H]2C[C@@]2(C(=O)NS(=O)(=O)C2CC2)NC(=O)[C@@H]2C[C@@H](OC(=O)N3Cc4ccccc4C3)CN2C1=O. The zero-order valence-electron chi connectivity index (χ0n) is 29.6. The fourth-order valence-electron chi connectivity index (χ4n) is 7.37. The highest BCUT2D eigenvalue weighted by Crippen LogP contribution is 2.48. The summed E-state index contributed by atoms with van der Waals surface area (Å²) in [5.74, 6) is -6.30. The predicted molar refractivity (Wildman–Crippen MR) is 181 cm³/mol. The summed E-state index contributed by atoms with van der Waals surface area (Å²) in [6.45, 7) is 5.10. The van der Waals surface area contributed by atoms with Crippen LogP contribution >= 0.6 is 0 Å². The minimum Gasteiger partial charge on any atom is -0.444 e. The van der Waals surface area contributed by atoms with Gasteiger partial charge in [-0.3, -0.25) is 24.0 Å². The number of amides is 5. The van der Waals surface area contributed by atoms with E-state index in [4.69, 9.17) is 9.47 Å². The zero-order chi connectivity index (χ0) is 37.6. The Kier molecular flexibility index (Phi) is 10.2. The van der Waals surface area contributed by atoms with E-state index in [1.54, 1.807) is 20.8 Å². The molecular formula is C35H47F2N5O9S. The van der Waals surface area contributed by atoms with Gasteiger partial charge in [0.2, 0.25) is 27.8 Å². The van der Waals surface area contributed by atoms with Gasteiger partial charge in [-0.25, -0.2) is 26.8 Å². The molecule has 2 saturated carbocycles. The van der Waals surface area contributed by atoms with Crippen LogP contribution in [0.1, 0.15) is 96.1 Å². The minimum atomic E-state index is -3.98. The Morgan fingerprint density at radius 1 is 0.981 bits per heavy atom. The smallest absolute Gasteiger partial charge is 0.410 e. The Morgan fingerprint density at radius 3 is 2.29 bits per heavy atom. The lowest BCUT2D eigenvalue weighted by Crippen LogP contribution is -2.58. The average molecular weight is 752 g/mol. The molecule has 5 atom stereocenters. The largest absolute Gasteiger partial charge is 0.444 e. The van der Waals surface area contributed by atoms with E-state index in [0.717, 1.165) is 16.0 Å². The Labute approximate surface area is 301 Å². The lowest BCUT2D eigenvalue weighted by Gasteiger charge is -2.31. The Balaban J connectivity index is 1.27. The summed E-state index contributed by atoms with van der Waals surface area (Å²) in [6, 6.07) is 4.63. The van der Waals surface area contributed by atoms with Crippen LogP contribution in [0.2, 0.25) is 0 Å². The highest BCUT2D eigenvalue weighted by molar-refractivity contribution is 7.91. The quantitative estimate of drug-likeness (QED) is 0.406. The van der Waals surface area contributed by atoms with E-state index in [2.05, 4.69) is 15.4 Å². The lowest BCUT2D eigenvalue weighted by atomic mass is 10.00. The molecule has 0 unspecified atom stereocenters. The predicted octanol–water partition coefficient (Wildman–Crippen LogP) is 3.47. The first-order valence-corrected chi connectivity index (χ1v) is 19.5. The monoisotopic (exact) mass is 751 g/mol. The first kappa shape index (κ1) is 37.7. The Hall–Kier alpha value is -4.02. The maximum atomic E-state index is 15.2. The van der Waals surface area contributed by atoms with Crippen molar-refractivity contribution in [2.24, 2.45) is 5.92 Å². The first-order chi connectivity index (χ1) is 24.4. The van der Waals surface area contributed by atoms with Crippen molar-refractivity contribution >= 4 is 39.9 Å². The summed E-state index contributed by atoms with van der Waals surface area (Å²) in [5, 5.41) is 4.44. The molecule has 17 heteroatoms. The molecule has 3 N–H and O–H groups in total. The Bertz CT molecular complexity index is 1690. The molecule has 14 nitrogen and oxygen atoms in total. The van der Waals surface area contributed by atoms with Crippen LogP contribution in [0.25, 0.3) is 0 Å². The molecule has 1 aromatic carbocycles. The van der Waals surface area contributed by atoms with Crippen LogP contribution < -0.4 is 15.4 Å². The molecule has 5 aliphatic rings. The van der Waals surface area contributed by atoms with Crippen molar-refractivity contribution in [3.05, 3.63) is 35.4 Å². The van der Waals surface area contributed by atoms with E-state index in [1.165, 1.54) is 4.90 Å². The molecule has 286 valence electrons. The number of ether oxygens (including phenoxy) is 2. The standard InChI is InChI=1S/C35H47F2N5O9S/c1-33(2,3)51-31(46)38-26-13-15-34(36,37)14-7-6-10-23-17-35(23,30(45)40-52(48,49)25-11-12-25)39-28(43)27-16-24(20-42(27)29(26)44)50-32(47)41-18-21-8-4-5-9-22(21)19-41/h4-5,8-9,23-27H,6-7,10-20H2,1-3H3,(H,38,46)(H,39,43)(H,40,45)/t23-,24-,26+,27+,35-/m1/s1. The van der Waals surface area contributed by atoms with Crippen LogP contribution in [0.5, 0.6) is 0 Å². The molecule has 1 aromatic rings. The van der Waals surface area contributed by atoms with Gasteiger partial charge in [-0.1, -0.05) is 30.7 Å². The molecule has 3 aliphatic heterocycles. The van der Waals surface area contributed by atoms with Gasteiger partial charge in [0.15, 0.2) is 0 Å². The molecule has 52 heavy (non-hydrogen) atoms. The van der Waals surface area contributed by atoms with Gasteiger partial charge in [0.1, 0.15) is 29.3 Å². The van der Waals surface area contributed by atoms with Crippen LogP contribution in [0.15, 0.2) is 24.3 Å². The van der Waals surface area contributed by atoms with Gasteiger partial charge in [-0.2, -0.15) is 0 Å². The van der Waals surface area contributed by atoms with E-state index in [0.29, 0.717) is 25.9 Å². The summed E-state index contributed by atoms with van der Waals surface area (Å²) in [7, 11) is -3.98. The number of alkyl carbamates (subject to hydrolysis) is 1. The third-order valence-corrected chi connectivity index (χ3v) is 12.2. The van der Waals surface area contributed by atoms with E-state index < -0.39 is 106 Å². The third kappa shape index (κ3) is 8.60. The first-order valence-electron chi connectivity index (χ1n) is 17.9. The second-order valence-corrected chi connectivity index (χ2v) is 17.7. The number of hydrogen-bond donors (Lipinski definition) is 3. The van der Waals surface area contributed by atoms with E-state index in [-0.39, 0.29) is 38.6 Å². The highest BCUT2D eigenvalue weighted by atomic mass is 32.2. The van der Waals surface area contributed by atoms with Crippen LogP contribution in [-0.2, 0) is 47.0 Å². The summed E-state index contributed by atoms with van der Waals surface area (Å²) in [5.41, 5.74) is -0.704. The Morgan fingerprint density at radius 2 is 1.65 bits per heavy atom. The minimum absolute atomic E-state index is 0.0809. The number of hydrogen-bond acceptors (Lipinski definition) is 9. The number of nitrogens with one attached hydrogen (secondary N) is 3. The van der Waals surface area contributed by atoms with Crippen molar-refractivity contribution in [3.63, 3.8) is 0 Å². The normalized spacial score (nSPS) is 29.3. The number of nitrogens with zero attached hydrogens (tertiary/aromatic N) is 2. The summed E-state index contributed by atoms with van der Waals surface area (Å²) in [4.78, 5) is 70.8. The van der Waals surface area contributed by atoms with Gasteiger partial charge < -0.3 is 25.0 Å². The number of rotatable bonds is 5. The molecule has 4 fully saturated rings. The lowest BCUT2D eigenvalue weighted by molar-refractivity contribution is -0.141. The highest BCUT2D eigenvalue weighted by Gasteiger charge is 2.62. The number of fused-ring (bicyclic) bond motifs is 3. The summed E-state index contributed by atoms with van der Waals surface area (Å²) in [6.07, 6.45) is -3.09. The molecule has 3 heterocycles. The van der Waals surface area contributed by atoms with Crippen LogP contribution in [-0.4, -0.2) is 95.2 Å². The zero-order valence-corrected chi connectivity index (χ0v) is 30.4. The molecule has 0 radical (unpaired) electrons. The summed E-state index contributed by atoms with van der Waals surface area (Å²) >= 11 is 0. The van der Waals surface area contributed by atoms with Crippen molar-refractivity contribution < 1.29 is 50.6 Å². The topological polar surface area (TPSA) is 181 Å². The number of alkyl halides is 2. The van der Waals surface area contributed by atoms with E-state index >= 15 is 8.78 Å². The van der Waals surface area contributed by atoms with Gasteiger partial charge in [0, 0.05) is 32.4 Å². The van der Waals surface area contributed by atoms with Crippen molar-refractivity contribution in [3.8, 4) is 0 Å².